The normalized spacial score (nSPS) is 10.5. The van der Waals surface area contributed by atoms with Crippen molar-refractivity contribution in [2.24, 2.45) is 0 Å². The Morgan fingerprint density at radius 3 is 2.82 bits per heavy atom. The van der Waals surface area contributed by atoms with Crippen molar-refractivity contribution >= 4 is 27.5 Å². The molecule has 17 heavy (non-hydrogen) atoms. The molecule has 0 aliphatic carbocycles. The van der Waals surface area contributed by atoms with E-state index in [9.17, 15) is 9.18 Å². The van der Waals surface area contributed by atoms with Crippen LogP contribution in [0.5, 0.6) is 0 Å². The Morgan fingerprint density at radius 2 is 2.18 bits per heavy atom. The summed E-state index contributed by atoms with van der Waals surface area (Å²) in [5.74, 6) is -0.374. The molecule has 0 N–H and O–H groups in total. The molecule has 0 bridgehead atoms. The zero-order valence-electron chi connectivity index (χ0n) is 8.53. The molecule has 1 aromatic heterocycles. The molecular formula is C11H7BrClFN2O. The van der Waals surface area contributed by atoms with Crippen molar-refractivity contribution in [1.82, 2.24) is 9.55 Å². The van der Waals surface area contributed by atoms with E-state index in [0.29, 0.717) is 10.0 Å². The Morgan fingerprint density at radius 1 is 1.41 bits per heavy atom. The van der Waals surface area contributed by atoms with Crippen molar-refractivity contribution in [3.8, 4) is 0 Å². The van der Waals surface area contributed by atoms with Gasteiger partial charge in [-0.1, -0.05) is 33.6 Å². The summed E-state index contributed by atoms with van der Waals surface area (Å²) in [7, 11) is 0. The Hall–Kier alpha value is -1.20. The maximum atomic E-state index is 13.6. The van der Waals surface area contributed by atoms with Crippen LogP contribution in [0.15, 0.2) is 39.9 Å². The molecule has 0 spiro atoms. The van der Waals surface area contributed by atoms with Crippen LogP contribution in [0.1, 0.15) is 5.56 Å². The van der Waals surface area contributed by atoms with E-state index in [0.717, 1.165) is 0 Å². The summed E-state index contributed by atoms with van der Waals surface area (Å²) in [6.45, 7) is 0.127. The van der Waals surface area contributed by atoms with Crippen molar-refractivity contribution in [2.75, 3.05) is 0 Å². The SMILES string of the molecule is O=c1cc(Cl)ncn1Cc1ccc(Br)cc1F. The number of hydrogen-bond donors (Lipinski definition) is 0. The van der Waals surface area contributed by atoms with Crippen LogP contribution in [0.25, 0.3) is 0 Å². The second kappa shape index (κ2) is 4.98. The molecule has 1 aromatic carbocycles. The molecule has 0 aliphatic rings. The predicted molar refractivity (Wildman–Crippen MR) is 66.7 cm³/mol. The van der Waals surface area contributed by atoms with Gasteiger partial charge in [0.25, 0.3) is 5.56 Å². The third-order valence-corrected chi connectivity index (χ3v) is 2.90. The van der Waals surface area contributed by atoms with Crippen LogP contribution in [0, 0.1) is 5.82 Å². The lowest BCUT2D eigenvalue weighted by Gasteiger charge is -2.06. The van der Waals surface area contributed by atoms with Crippen molar-refractivity contribution < 1.29 is 4.39 Å². The third-order valence-electron chi connectivity index (χ3n) is 2.20. The van der Waals surface area contributed by atoms with E-state index in [2.05, 4.69) is 20.9 Å². The number of nitrogens with zero attached hydrogens (tertiary/aromatic N) is 2. The number of rotatable bonds is 2. The predicted octanol–water partition coefficient (Wildman–Crippen LogP) is 2.85. The molecule has 2 rings (SSSR count). The number of halogens is 3. The minimum absolute atomic E-state index is 0.127. The van der Waals surface area contributed by atoms with E-state index >= 15 is 0 Å². The highest BCUT2D eigenvalue weighted by Crippen LogP contribution is 2.15. The molecular weight excluding hydrogens is 310 g/mol. The van der Waals surface area contributed by atoms with E-state index < -0.39 is 0 Å². The summed E-state index contributed by atoms with van der Waals surface area (Å²) in [5.41, 5.74) is 0.103. The molecule has 3 nitrogen and oxygen atoms in total. The topological polar surface area (TPSA) is 34.9 Å². The summed E-state index contributed by atoms with van der Waals surface area (Å²) in [4.78, 5) is 15.3. The molecule has 0 fully saturated rings. The fourth-order valence-corrected chi connectivity index (χ4v) is 1.83. The molecule has 0 saturated carbocycles. The molecule has 88 valence electrons. The van der Waals surface area contributed by atoms with Crippen molar-refractivity contribution in [1.29, 1.82) is 0 Å². The Balaban J connectivity index is 2.35. The lowest BCUT2D eigenvalue weighted by Crippen LogP contribution is -2.20. The van der Waals surface area contributed by atoms with Crippen LogP contribution < -0.4 is 5.56 Å². The average Bonchev–Trinajstić information content (AvgIpc) is 2.25. The van der Waals surface area contributed by atoms with Gasteiger partial charge in [-0.05, 0) is 12.1 Å². The first-order chi connectivity index (χ1) is 8.06. The molecule has 0 saturated heterocycles. The van der Waals surface area contributed by atoms with Crippen molar-refractivity contribution in [2.45, 2.75) is 6.54 Å². The third kappa shape index (κ3) is 2.92. The van der Waals surface area contributed by atoms with Crippen molar-refractivity contribution in [3.05, 3.63) is 62.0 Å². The monoisotopic (exact) mass is 316 g/mol. The van der Waals surface area contributed by atoms with Gasteiger partial charge >= 0.3 is 0 Å². The second-order valence-electron chi connectivity index (χ2n) is 3.41. The Kier molecular flexibility index (Phi) is 3.59. The van der Waals surface area contributed by atoms with E-state index in [1.807, 2.05) is 0 Å². The van der Waals surface area contributed by atoms with Gasteiger partial charge in [-0.15, -0.1) is 0 Å². The van der Waals surface area contributed by atoms with Gasteiger partial charge in [0.05, 0.1) is 12.9 Å². The van der Waals surface area contributed by atoms with Gasteiger partial charge in [-0.3, -0.25) is 9.36 Å². The molecule has 0 aliphatic heterocycles. The van der Waals surface area contributed by atoms with Crippen LogP contribution in [0.2, 0.25) is 5.15 Å². The fraction of sp³-hybridized carbons (Fsp3) is 0.0909. The largest absolute Gasteiger partial charge is 0.295 e. The van der Waals surface area contributed by atoms with Gasteiger partial charge in [0.2, 0.25) is 0 Å². The molecule has 0 atom stereocenters. The molecule has 0 unspecified atom stereocenters. The first-order valence-corrected chi connectivity index (χ1v) is 5.89. The summed E-state index contributed by atoms with van der Waals surface area (Å²) in [6.07, 6.45) is 1.30. The van der Waals surface area contributed by atoms with Crippen LogP contribution in [0.4, 0.5) is 4.39 Å². The van der Waals surface area contributed by atoms with Crippen LogP contribution in [0.3, 0.4) is 0 Å². The smallest absolute Gasteiger partial charge is 0.255 e. The van der Waals surface area contributed by atoms with Crippen LogP contribution in [-0.4, -0.2) is 9.55 Å². The molecule has 0 radical (unpaired) electrons. The van der Waals surface area contributed by atoms with E-state index in [-0.39, 0.29) is 23.1 Å². The molecule has 0 amide bonds. The second-order valence-corrected chi connectivity index (χ2v) is 4.72. The lowest BCUT2D eigenvalue weighted by atomic mass is 10.2. The minimum Gasteiger partial charge on any atom is -0.295 e. The first-order valence-electron chi connectivity index (χ1n) is 4.72. The number of hydrogen-bond acceptors (Lipinski definition) is 2. The van der Waals surface area contributed by atoms with Gasteiger partial charge in [0.1, 0.15) is 11.0 Å². The maximum absolute atomic E-state index is 13.6. The number of benzene rings is 1. The number of aromatic nitrogens is 2. The molecule has 2 aromatic rings. The quantitative estimate of drug-likeness (QED) is 0.798. The van der Waals surface area contributed by atoms with E-state index in [4.69, 9.17) is 11.6 Å². The standard InChI is InChI=1S/C11H7BrClFN2O/c12-8-2-1-7(9(14)3-8)5-16-6-15-10(13)4-11(16)17/h1-4,6H,5H2. The van der Waals surface area contributed by atoms with Gasteiger partial charge < -0.3 is 0 Å². The van der Waals surface area contributed by atoms with E-state index in [1.165, 1.54) is 23.0 Å². The molecule has 1 heterocycles. The van der Waals surface area contributed by atoms with Crippen LogP contribution in [-0.2, 0) is 6.54 Å². The average molecular weight is 318 g/mol. The summed E-state index contributed by atoms with van der Waals surface area (Å²) < 4.78 is 15.5. The van der Waals surface area contributed by atoms with Crippen molar-refractivity contribution in [3.63, 3.8) is 0 Å². The Labute approximate surface area is 110 Å². The van der Waals surface area contributed by atoms with Gasteiger partial charge in [0.15, 0.2) is 0 Å². The summed E-state index contributed by atoms with van der Waals surface area (Å²) in [6, 6.07) is 5.87. The van der Waals surface area contributed by atoms with Gasteiger partial charge in [0, 0.05) is 16.1 Å². The van der Waals surface area contributed by atoms with Crippen LogP contribution >= 0.6 is 27.5 Å². The highest BCUT2D eigenvalue weighted by atomic mass is 79.9. The Bertz CT molecular complexity index is 615. The molecule has 6 heteroatoms. The lowest BCUT2D eigenvalue weighted by molar-refractivity contribution is 0.593. The summed E-state index contributed by atoms with van der Waals surface area (Å²) in [5, 5.41) is 0.127. The van der Waals surface area contributed by atoms with E-state index in [1.54, 1.807) is 12.1 Å². The van der Waals surface area contributed by atoms with Gasteiger partial charge in [-0.25, -0.2) is 9.37 Å². The maximum Gasteiger partial charge on any atom is 0.255 e. The minimum atomic E-state index is -0.374. The first kappa shape index (κ1) is 12.3. The summed E-state index contributed by atoms with van der Waals surface area (Å²) >= 11 is 8.73. The fourth-order valence-electron chi connectivity index (χ4n) is 1.36. The zero-order chi connectivity index (χ0) is 12.4. The zero-order valence-corrected chi connectivity index (χ0v) is 10.9. The van der Waals surface area contributed by atoms with Gasteiger partial charge in [-0.2, -0.15) is 0 Å². The highest BCUT2D eigenvalue weighted by Gasteiger charge is 2.05. The highest BCUT2D eigenvalue weighted by molar-refractivity contribution is 9.10.